The maximum Gasteiger partial charge on any atom is 0.210 e. The minimum absolute atomic E-state index is 0.406. The van der Waals surface area contributed by atoms with E-state index in [0.29, 0.717) is 12.4 Å². The van der Waals surface area contributed by atoms with Gasteiger partial charge in [-0.3, -0.25) is 0 Å². The van der Waals surface area contributed by atoms with Crippen molar-refractivity contribution in [2.24, 2.45) is 0 Å². The fraction of sp³-hybridized carbons (Fsp3) is 0.333. The molecule has 0 amide bonds. The molecular formula is C6H8N2OS. The zero-order valence-electron chi connectivity index (χ0n) is 6.36. The summed E-state index contributed by atoms with van der Waals surface area (Å²) in [6.45, 7) is 0.406. The number of aromatic nitrogens is 2. The summed E-state index contributed by atoms with van der Waals surface area (Å²) >= 11 is 1.48. The summed E-state index contributed by atoms with van der Waals surface area (Å²) in [6, 6.07) is 1.77. The van der Waals surface area contributed by atoms with Gasteiger partial charge in [0.2, 0.25) is 1.43 Å². The number of aliphatic hydroxyl groups is 1. The first-order valence-electron chi connectivity index (χ1n) is 3.32. The van der Waals surface area contributed by atoms with Crippen LogP contribution in [-0.2, 0) is 0 Å². The van der Waals surface area contributed by atoms with E-state index in [2.05, 4.69) is 15.1 Å². The van der Waals surface area contributed by atoms with Gasteiger partial charge in [-0.25, -0.2) is 9.97 Å². The summed E-state index contributed by atoms with van der Waals surface area (Å²) in [6.07, 6.45) is 3.38. The van der Waals surface area contributed by atoms with Gasteiger partial charge in [0.15, 0.2) is 5.16 Å². The molecule has 0 saturated heterocycles. The Morgan fingerprint density at radius 1 is 1.60 bits per heavy atom. The first kappa shape index (κ1) is 6.12. The van der Waals surface area contributed by atoms with Gasteiger partial charge in [-0.1, -0.05) is 11.8 Å². The zero-order chi connectivity index (χ0) is 7.94. The second-order valence-electron chi connectivity index (χ2n) is 1.58. The summed E-state index contributed by atoms with van der Waals surface area (Å²) < 4.78 is 6.41. The van der Waals surface area contributed by atoms with E-state index in [0.717, 1.165) is 5.16 Å². The second kappa shape index (κ2) is 4.24. The van der Waals surface area contributed by atoms with Crippen molar-refractivity contribution in [3.8, 4) is 0 Å². The number of hydrogen-bond acceptors (Lipinski definition) is 4. The average Bonchev–Trinajstić information content (AvgIpc) is 2.07. The van der Waals surface area contributed by atoms with Crippen LogP contribution in [0.25, 0.3) is 0 Å². The van der Waals surface area contributed by atoms with Crippen molar-refractivity contribution in [1.82, 2.24) is 9.97 Å². The molecule has 0 aliphatic rings. The van der Waals surface area contributed by atoms with Crippen molar-refractivity contribution in [3.05, 3.63) is 18.5 Å². The molecular weight excluding hydrogens is 148 g/mol. The van der Waals surface area contributed by atoms with Gasteiger partial charge in [0, 0.05) is 18.1 Å². The highest BCUT2D eigenvalue weighted by Gasteiger charge is 1.91. The van der Waals surface area contributed by atoms with Crippen LogP contribution in [0.4, 0.5) is 0 Å². The second-order valence-corrected chi connectivity index (χ2v) is 2.65. The third-order valence-electron chi connectivity index (χ3n) is 0.857. The average molecular weight is 158 g/mol. The molecule has 0 radical (unpaired) electrons. The SMILES string of the molecule is [3H]OCCSc1ncccn1. The third kappa shape index (κ3) is 2.33. The van der Waals surface area contributed by atoms with Crippen LogP contribution in [0.15, 0.2) is 23.6 Å². The highest BCUT2D eigenvalue weighted by Crippen LogP contribution is 2.08. The maximum absolute atomic E-state index is 6.41. The molecule has 0 aromatic carbocycles. The van der Waals surface area contributed by atoms with Crippen molar-refractivity contribution in [3.63, 3.8) is 0 Å². The molecule has 0 atom stereocenters. The van der Waals surface area contributed by atoms with Crippen LogP contribution in [0, 0.1) is 0 Å². The van der Waals surface area contributed by atoms with E-state index in [1.165, 1.54) is 11.8 Å². The summed E-state index contributed by atoms with van der Waals surface area (Å²) in [7, 11) is 0. The Morgan fingerprint density at radius 3 is 3.10 bits per heavy atom. The lowest BCUT2D eigenvalue weighted by atomic mass is 10.7. The van der Waals surface area contributed by atoms with Crippen LogP contribution >= 0.6 is 11.8 Å². The van der Waals surface area contributed by atoms with Crippen molar-refractivity contribution < 1.29 is 5.11 Å². The fourth-order valence-electron chi connectivity index (χ4n) is 0.493. The number of thioether (sulfide) groups is 1. The third-order valence-corrected chi connectivity index (χ3v) is 1.70. The molecule has 0 aliphatic heterocycles. The first-order valence-corrected chi connectivity index (χ1v) is 3.90. The molecule has 0 spiro atoms. The van der Waals surface area contributed by atoms with E-state index in [4.69, 9.17) is 1.43 Å². The molecule has 10 heavy (non-hydrogen) atoms. The molecule has 0 saturated carbocycles. The Labute approximate surface area is 65.0 Å². The minimum atomic E-state index is 0.406. The van der Waals surface area contributed by atoms with Crippen LogP contribution in [-0.4, -0.2) is 28.9 Å². The number of rotatable bonds is 4. The predicted octanol–water partition coefficient (Wildman–Crippen LogP) is 0.561. The zero-order valence-corrected chi connectivity index (χ0v) is 6.17. The molecule has 4 heteroatoms. The van der Waals surface area contributed by atoms with Gasteiger partial charge in [-0.2, -0.15) is 0 Å². The Hall–Kier alpha value is -0.610. The highest BCUT2D eigenvalue weighted by atomic mass is 32.2. The van der Waals surface area contributed by atoms with Gasteiger partial charge in [-0.15, -0.1) is 0 Å². The Kier molecular flexibility index (Phi) is 2.60. The number of nitrogens with zero attached hydrogens (tertiary/aromatic N) is 2. The first-order chi connectivity index (χ1) is 5.43. The molecule has 3 nitrogen and oxygen atoms in total. The van der Waals surface area contributed by atoms with Crippen molar-refractivity contribution in [2.45, 2.75) is 5.16 Å². The van der Waals surface area contributed by atoms with E-state index >= 15 is 0 Å². The van der Waals surface area contributed by atoms with Crippen LogP contribution in [0.1, 0.15) is 0 Å². The summed E-state index contributed by atoms with van der Waals surface area (Å²) in [4.78, 5) is 7.97. The van der Waals surface area contributed by atoms with E-state index in [1.807, 2.05) is 0 Å². The number of hydrogen-bond donors (Lipinski definition) is 1. The fourth-order valence-corrected chi connectivity index (χ4v) is 1.03. The topological polar surface area (TPSA) is 46.0 Å². The molecule has 1 aromatic rings. The van der Waals surface area contributed by atoms with E-state index in [-0.39, 0.29) is 0 Å². The summed E-state index contributed by atoms with van der Waals surface area (Å²) in [5, 5.41) is 4.86. The molecule has 1 aromatic heterocycles. The molecule has 0 unspecified atom stereocenters. The van der Waals surface area contributed by atoms with Crippen molar-refractivity contribution >= 4 is 11.8 Å². The van der Waals surface area contributed by atoms with E-state index < -0.39 is 0 Å². The lowest BCUT2D eigenvalue weighted by Gasteiger charge is -1.93. The molecule has 0 bridgehead atoms. The molecule has 54 valence electrons. The van der Waals surface area contributed by atoms with Crippen LogP contribution in [0.3, 0.4) is 0 Å². The molecule has 1 rings (SSSR count). The lowest BCUT2D eigenvalue weighted by Crippen LogP contribution is -1.89. The summed E-state index contributed by atoms with van der Waals surface area (Å²) in [5.41, 5.74) is 0. The number of aliphatic hydroxyl groups excluding tert-OH is 1. The minimum Gasteiger partial charge on any atom is -0.396 e. The van der Waals surface area contributed by atoms with Gasteiger partial charge in [-0.05, 0) is 6.07 Å². The van der Waals surface area contributed by atoms with E-state index in [9.17, 15) is 0 Å². The monoisotopic (exact) mass is 158 g/mol. The largest absolute Gasteiger partial charge is 0.396 e. The maximum atomic E-state index is 6.41. The molecule has 1 heterocycles. The van der Waals surface area contributed by atoms with Gasteiger partial charge < -0.3 is 5.11 Å². The lowest BCUT2D eigenvalue weighted by molar-refractivity contribution is 0.322. The van der Waals surface area contributed by atoms with Gasteiger partial charge in [0.25, 0.3) is 0 Å². The normalized spacial score (nSPS) is 11.0. The summed E-state index contributed by atoms with van der Waals surface area (Å²) in [5.74, 6) is 0.716. The molecule has 0 aliphatic carbocycles. The van der Waals surface area contributed by atoms with Crippen molar-refractivity contribution in [2.75, 3.05) is 12.4 Å². The molecule has 0 fully saturated rings. The quantitative estimate of drug-likeness (QED) is 0.395. The van der Waals surface area contributed by atoms with Crippen LogP contribution in [0.2, 0.25) is 0 Å². The van der Waals surface area contributed by atoms with E-state index in [1.54, 1.807) is 18.5 Å². The Bertz CT molecular complexity index is 197. The Morgan fingerprint density at radius 2 is 2.40 bits per heavy atom. The van der Waals surface area contributed by atoms with Gasteiger partial charge in [0.05, 0.1) is 6.61 Å². The van der Waals surface area contributed by atoms with Gasteiger partial charge >= 0.3 is 0 Å². The smallest absolute Gasteiger partial charge is 0.210 e. The van der Waals surface area contributed by atoms with Crippen LogP contribution < -0.4 is 0 Å². The Balaban J connectivity index is 2.28. The van der Waals surface area contributed by atoms with Gasteiger partial charge in [0.1, 0.15) is 0 Å². The standard InChI is InChI=1S/C6H8N2OS/c9-4-5-10-6-7-2-1-3-8-6/h1-3,9H,4-5H2/i9T. The van der Waals surface area contributed by atoms with Crippen LogP contribution in [0.5, 0.6) is 0 Å². The molecule has 1 N–H and O–H groups in total. The highest BCUT2D eigenvalue weighted by molar-refractivity contribution is 7.99. The predicted molar refractivity (Wildman–Crippen MR) is 39.8 cm³/mol. The van der Waals surface area contributed by atoms with Crippen molar-refractivity contribution in [1.29, 1.82) is 1.43 Å².